The number of nitrogens with two attached hydrogens (primary N) is 1. The van der Waals surface area contributed by atoms with E-state index in [-0.39, 0.29) is 5.54 Å². The molecule has 3 nitrogen and oxygen atoms in total. The van der Waals surface area contributed by atoms with Crippen LogP contribution in [0.4, 0.5) is 0 Å². The summed E-state index contributed by atoms with van der Waals surface area (Å²) in [5, 5.41) is 0. The van der Waals surface area contributed by atoms with Crippen LogP contribution in [0, 0.1) is 0 Å². The third-order valence-corrected chi connectivity index (χ3v) is 4.35. The normalized spacial score (nSPS) is 20.4. The van der Waals surface area contributed by atoms with Gasteiger partial charge in [-0.2, -0.15) is 0 Å². The van der Waals surface area contributed by atoms with Gasteiger partial charge >= 0.3 is 0 Å². The van der Waals surface area contributed by atoms with Crippen molar-refractivity contribution < 1.29 is 9.47 Å². The molecule has 1 aromatic rings. The third kappa shape index (κ3) is 1.91. The summed E-state index contributed by atoms with van der Waals surface area (Å²) in [6, 6.07) is 2.02. The van der Waals surface area contributed by atoms with Crippen LogP contribution in [0.3, 0.4) is 0 Å². The molecule has 0 aromatic heterocycles. The molecule has 0 saturated heterocycles. The van der Waals surface area contributed by atoms with Crippen LogP contribution >= 0.6 is 15.9 Å². The van der Waals surface area contributed by atoms with Crippen molar-refractivity contribution in [2.45, 2.75) is 38.1 Å². The van der Waals surface area contributed by atoms with Crippen molar-refractivity contribution in [1.82, 2.24) is 0 Å². The molecule has 0 bridgehead atoms. The van der Waals surface area contributed by atoms with Gasteiger partial charge in [-0.05, 0) is 30.9 Å². The Hall–Kier alpha value is -0.740. The number of ether oxygens (including phenoxy) is 2. The molecule has 18 heavy (non-hydrogen) atoms. The van der Waals surface area contributed by atoms with E-state index in [4.69, 9.17) is 15.2 Å². The molecule has 2 aliphatic rings. The lowest BCUT2D eigenvalue weighted by atomic mass is 9.96. The van der Waals surface area contributed by atoms with Gasteiger partial charge in [0.15, 0.2) is 11.5 Å². The van der Waals surface area contributed by atoms with E-state index in [0.717, 1.165) is 54.9 Å². The Morgan fingerprint density at radius 2 is 2.06 bits per heavy atom. The SMILES string of the molecule is CCc1c2c(cc(Br)c1C1(N)CC1)OCCCO2. The van der Waals surface area contributed by atoms with E-state index in [9.17, 15) is 0 Å². The second kappa shape index (κ2) is 4.42. The van der Waals surface area contributed by atoms with E-state index < -0.39 is 0 Å². The smallest absolute Gasteiger partial charge is 0.164 e. The largest absolute Gasteiger partial charge is 0.490 e. The molecular formula is C14H18BrNO2. The van der Waals surface area contributed by atoms with Gasteiger partial charge in [0.2, 0.25) is 0 Å². The van der Waals surface area contributed by atoms with Gasteiger partial charge in [0, 0.05) is 22.0 Å². The van der Waals surface area contributed by atoms with E-state index in [2.05, 4.69) is 22.9 Å². The topological polar surface area (TPSA) is 44.5 Å². The number of fused-ring (bicyclic) bond motifs is 1. The van der Waals surface area contributed by atoms with Gasteiger partial charge in [0.1, 0.15) is 0 Å². The molecule has 1 fully saturated rings. The molecule has 1 aromatic carbocycles. The summed E-state index contributed by atoms with van der Waals surface area (Å²) in [4.78, 5) is 0. The van der Waals surface area contributed by atoms with Crippen molar-refractivity contribution in [2.75, 3.05) is 13.2 Å². The maximum atomic E-state index is 6.39. The summed E-state index contributed by atoms with van der Waals surface area (Å²) in [6.07, 6.45) is 3.95. The number of hydrogen-bond donors (Lipinski definition) is 1. The molecule has 0 unspecified atom stereocenters. The average Bonchev–Trinajstić information content (AvgIpc) is 3.11. The van der Waals surface area contributed by atoms with Gasteiger partial charge in [-0.15, -0.1) is 0 Å². The molecular weight excluding hydrogens is 294 g/mol. The Morgan fingerprint density at radius 1 is 1.33 bits per heavy atom. The maximum Gasteiger partial charge on any atom is 0.164 e. The van der Waals surface area contributed by atoms with Gasteiger partial charge in [-0.1, -0.05) is 22.9 Å². The first-order valence-electron chi connectivity index (χ1n) is 6.56. The van der Waals surface area contributed by atoms with E-state index in [0.29, 0.717) is 0 Å². The number of rotatable bonds is 2. The van der Waals surface area contributed by atoms with E-state index in [1.165, 1.54) is 11.1 Å². The highest BCUT2D eigenvalue weighted by atomic mass is 79.9. The lowest BCUT2D eigenvalue weighted by Crippen LogP contribution is -2.22. The summed E-state index contributed by atoms with van der Waals surface area (Å²) < 4.78 is 12.7. The predicted molar refractivity (Wildman–Crippen MR) is 74.2 cm³/mol. The highest BCUT2D eigenvalue weighted by Crippen LogP contribution is 2.51. The fourth-order valence-corrected chi connectivity index (χ4v) is 3.44. The second-order valence-electron chi connectivity index (χ2n) is 5.10. The second-order valence-corrected chi connectivity index (χ2v) is 5.95. The van der Waals surface area contributed by atoms with Gasteiger partial charge in [0.25, 0.3) is 0 Å². The molecule has 1 aliphatic heterocycles. The fraction of sp³-hybridized carbons (Fsp3) is 0.571. The summed E-state index contributed by atoms with van der Waals surface area (Å²) in [5.74, 6) is 1.76. The maximum absolute atomic E-state index is 6.39. The molecule has 0 spiro atoms. The molecule has 0 radical (unpaired) electrons. The minimum atomic E-state index is -0.158. The Kier molecular flexibility index (Phi) is 3.02. The lowest BCUT2D eigenvalue weighted by Gasteiger charge is -2.21. The Bertz CT molecular complexity index is 483. The van der Waals surface area contributed by atoms with Crippen LogP contribution in [0.1, 0.15) is 37.3 Å². The minimum absolute atomic E-state index is 0.158. The molecule has 0 atom stereocenters. The zero-order chi connectivity index (χ0) is 12.8. The fourth-order valence-electron chi connectivity index (χ4n) is 2.60. The molecule has 1 aliphatic carbocycles. The molecule has 2 N–H and O–H groups in total. The van der Waals surface area contributed by atoms with E-state index >= 15 is 0 Å². The average molecular weight is 312 g/mol. The predicted octanol–water partition coefficient (Wildman–Crippen LogP) is 3.12. The summed E-state index contributed by atoms with van der Waals surface area (Å²) >= 11 is 3.65. The van der Waals surface area contributed by atoms with Gasteiger partial charge < -0.3 is 15.2 Å². The number of hydrogen-bond acceptors (Lipinski definition) is 3. The van der Waals surface area contributed by atoms with Crippen molar-refractivity contribution in [3.63, 3.8) is 0 Å². The van der Waals surface area contributed by atoms with Crippen LogP contribution in [0.25, 0.3) is 0 Å². The van der Waals surface area contributed by atoms with Crippen molar-refractivity contribution in [2.24, 2.45) is 5.73 Å². The quantitative estimate of drug-likeness (QED) is 0.912. The Labute approximate surface area is 116 Å². The molecule has 3 rings (SSSR count). The third-order valence-electron chi connectivity index (χ3n) is 3.73. The zero-order valence-electron chi connectivity index (χ0n) is 10.6. The molecule has 1 saturated carbocycles. The molecule has 1 heterocycles. The summed E-state index contributed by atoms with van der Waals surface area (Å²) in [5.41, 5.74) is 8.66. The summed E-state index contributed by atoms with van der Waals surface area (Å²) in [7, 11) is 0. The van der Waals surface area contributed by atoms with Crippen LogP contribution in [-0.4, -0.2) is 13.2 Å². The summed E-state index contributed by atoms with van der Waals surface area (Å²) in [6.45, 7) is 3.58. The molecule has 0 amide bonds. The highest BCUT2D eigenvalue weighted by Gasteiger charge is 2.44. The van der Waals surface area contributed by atoms with Gasteiger partial charge in [-0.3, -0.25) is 0 Å². The lowest BCUT2D eigenvalue weighted by molar-refractivity contribution is 0.296. The highest BCUT2D eigenvalue weighted by molar-refractivity contribution is 9.10. The van der Waals surface area contributed by atoms with Crippen molar-refractivity contribution in [1.29, 1.82) is 0 Å². The Morgan fingerprint density at radius 3 is 2.72 bits per heavy atom. The first-order chi connectivity index (χ1) is 8.65. The van der Waals surface area contributed by atoms with E-state index in [1.807, 2.05) is 6.07 Å². The van der Waals surface area contributed by atoms with Crippen molar-refractivity contribution >= 4 is 15.9 Å². The Balaban J connectivity index is 2.18. The monoisotopic (exact) mass is 311 g/mol. The number of halogens is 1. The van der Waals surface area contributed by atoms with Gasteiger partial charge in [0.05, 0.1) is 13.2 Å². The van der Waals surface area contributed by atoms with Crippen LogP contribution in [0.5, 0.6) is 11.5 Å². The zero-order valence-corrected chi connectivity index (χ0v) is 12.2. The standard InChI is InChI=1S/C14H18BrNO2/c1-2-9-12(14(16)4-5-14)10(15)8-11-13(9)18-7-3-6-17-11/h8H,2-7,16H2,1H3. The molecule has 98 valence electrons. The van der Waals surface area contributed by atoms with Gasteiger partial charge in [-0.25, -0.2) is 0 Å². The van der Waals surface area contributed by atoms with Crippen LogP contribution in [0.2, 0.25) is 0 Å². The van der Waals surface area contributed by atoms with Crippen LogP contribution < -0.4 is 15.2 Å². The first kappa shape index (κ1) is 12.3. The van der Waals surface area contributed by atoms with Crippen LogP contribution in [-0.2, 0) is 12.0 Å². The van der Waals surface area contributed by atoms with E-state index in [1.54, 1.807) is 0 Å². The van der Waals surface area contributed by atoms with Crippen molar-refractivity contribution in [3.8, 4) is 11.5 Å². The number of benzene rings is 1. The van der Waals surface area contributed by atoms with Crippen molar-refractivity contribution in [3.05, 3.63) is 21.7 Å². The van der Waals surface area contributed by atoms with Crippen LogP contribution in [0.15, 0.2) is 10.5 Å². The minimum Gasteiger partial charge on any atom is -0.490 e. The first-order valence-corrected chi connectivity index (χ1v) is 7.35. The molecule has 4 heteroatoms.